The normalized spacial score (nSPS) is 12.0. The van der Waals surface area contributed by atoms with E-state index in [1.807, 2.05) is 45.9 Å². The van der Waals surface area contributed by atoms with E-state index in [1.54, 1.807) is 35.0 Å². The molecule has 11 nitrogen and oxygen atoms in total. The van der Waals surface area contributed by atoms with Crippen LogP contribution in [0.4, 0.5) is 11.4 Å². The van der Waals surface area contributed by atoms with E-state index in [9.17, 15) is 16.8 Å². The quantitative estimate of drug-likeness (QED) is 0.197. The lowest BCUT2D eigenvalue weighted by Gasteiger charge is -2.15. The Hall–Kier alpha value is -5.01. The zero-order valence-corrected chi connectivity index (χ0v) is 26.0. The van der Waals surface area contributed by atoms with Gasteiger partial charge in [0.15, 0.2) is 11.6 Å². The summed E-state index contributed by atoms with van der Waals surface area (Å²) in [5.41, 5.74) is 5.01. The number of anilines is 2. The predicted molar refractivity (Wildman–Crippen MR) is 170 cm³/mol. The first-order valence-electron chi connectivity index (χ1n) is 13.6. The Morgan fingerprint density at radius 3 is 1.80 bits per heavy atom. The molecule has 3 aromatic heterocycles. The van der Waals surface area contributed by atoms with Gasteiger partial charge in [-0.1, -0.05) is 41.5 Å². The van der Waals surface area contributed by atoms with Crippen molar-refractivity contribution in [3.8, 4) is 17.3 Å². The van der Waals surface area contributed by atoms with E-state index in [4.69, 9.17) is 4.98 Å². The van der Waals surface area contributed by atoms with Crippen LogP contribution in [-0.4, -0.2) is 41.6 Å². The number of pyridine rings is 1. The van der Waals surface area contributed by atoms with Gasteiger partial charge in [0.05, 0.1) is 37.9 Å². The summed E-state index contributed by atoms with van der Waals surface area (Å²) in [6.07, 6.45) is 0. The largest absolute Gasteiger partial charge is 0.337 e. The van der Waals surface area contributed by atoms with E-state index in [0.29, 0.717) is 28.4 Å². The van der Waals surface area contributed by atoms with Gasteiger partial charge in [0.25, 0.3) is 20.0 Å². The number of nitrogens with one attached hydrogen (secondary N) is 3. The lowest BCUT2D eigenvalue weighted by atomic mass is 10.2. The van der Waals surface area contributed by atoms with Crippen LogP contribution in [0.25, 0.3) is 28.4 Å². The SMILES string of the molecule is Cc1ccc(S(=O)(=O)Nc2cc3nc(-c4cccc(-n5nc(C)cc5C)n4)[nH]c3cc2NS(=O)(=O)c2ccc(C)cc2)cc1. The van der Waals surface area contributed by atoms with Crippen molar-refractivity contribution in [1.82, 2.24) is 24.7 Å². The number of hydrogen-bond donors (Lipinski definition) is 3. The highest BCUT2D eigenvalue weighted by Gasteiger charge is 2.22. The first-order valence-corrected chi connectivity index (χ1v) is 16.6. The van der Waals surface area contributed by atoms with Gasteiger partial charge in [-0.2, -0.15) is 5.10 Å². The molecule has 0 bridgehead atoms. The molecule has 0 aliphatic carbocycles. The molecule has 0 fully saturated rings. The van der Waals surface area contributed by atoms with E-state index in [1.165, 1.54) is 36.4 Å². The highest BCUT2D eigenvalue weighted by Crippen LogP contribution is 2.33. The monoisotopic (exact) mass is 627 g/mol. The molecule has 0 saturated carbocycles. The van der Waals surface area contributed by atoms with Gasteiger partial charge in [-0.25, -0.2) is 31.5 Å². The number of benzene rings is 3. The van der Waals surface area contributed by atoms with Crippen LogP contribution in [0, 0.1) is 27.7 Å². The number of sulfonamides is 2. The molecule has 3 N–H and O–H groups in total. The lowest BCUT2D eigenvalue weighted by Crippen LogP contribution is -2.17. The summed E-state index contributed by atoms with van der Waals surface area (Å²) in [4.78, 5) is 12.7. The highest BCUT2D eigenvalue weighted by molar-refractivity contribution is 7.93. The van der Waals surface area contributed by atoms with Crippen molar-refractivity contribution in [3.63, 3.8) is 0 Å². The summed E-state index contributed by atoms with van der Waals surface area (Å²) < 4.78 is 60.3. The Labute approximate surface area is 255 Å². The van der Waals surface area contributed by atoms with Crippen LogP contribution in [0.1, 0.15) is 22.5 Å². The fraction of sp³-hybridized carbons (Fsp3) is 0.129. The maximum Gasteiger partial charge on any atom is 0.261 e. The molecule has 0 spiro atoms. The summed E-state index contributed by atoms with van der Waals surface area (Å²) in [6, 6.07) is 23.1. The molecule has 0 radical (unpaired) electrons. The zero-order chi connectivity index (χ0) is 31.2. The second kappa shape index (κ2) is 10.9. The van der Waals surface area contributed by atoms with Gasteiger partial charge in [-0.15, -0.1) is 0 Å². The molecule has 0 saturated heterocycles. The number of rotatable bonds is 8. The molecule has 3 heterocycles. The van der Waals surface area contributed by atoms with Crippen LogP contribution in [0.3, 0.4) is 0 Å². The van der Waals surface area contributed by atoms with Crippen molar-refractivity contribution in [1.29, 1.82) is 0 Å². The Morgan fingerprint density at radius 1 is 0.682 bits per heavy atom. The average molecular weight is 628 g/mol. The minimum absolute atomic E-state index is 0.0103. The summed E-state index contributed by atoms with van der Waals surface area (Å²) in [5.74, 6) is 1.01. The molecule has 3 aromatic carbocycles. The third-order valence-electron chi connectivity index (χ3n) is 6.98. The number of aromatic nitrogens is 5. The van der Waals surface area contributed by atoms with Crippen LogP contribution in [0.2, 0.25) is 0 Å². The number of nitrogens with zero attached hydrogens (tertiary/aromatic N) is 4. The summed E-state index contributed by atoms with van der Waals surface area (Å²) in [7, 11) is -8.15. The van der Waals surface area contributed by atoms with Gasteiger partial charge in [0.2, 0.25) is 0 Å². The van der Waals surface area contributed by atoms with Gasteiger partial charge in [0.1, 0.15) is 5.69 Å². The van der Waals surface area contributed by atoms with Gasteiger partial charge in [-0.05, 0) is 82.3 Å². The molecule has 224 valence electrons. The van der Waals surface area contributed by atoms with E-state index >= 15 is 0 Å². The Morgan fingerprint density at radius 2 is 1.25 bits per heavy atom. The summed E-state index contributed by atoms with van der Waals surface area (Å²) in [5, 5.41) is 4.50. The van der Waals surface area contributed by atoms with E-state index in [0.717, 1.165) is 22.5 Å². The van der Waals surface area contributed by atoms with Gasteiger partial charge >= 0.3 is 0 Å². The molecule has 0 atom stereocenters. The minimum Gasteiger partial charge on any atom is -0.337 e. The van der Waals surface area contributed by atoms with Gasteiger partial charge < -0.3 is 4.98 Å². The number of H-pyrrole nitrogens is 1. The molecule has 0 aliphatic heterocycles. The first kappa shape index (κ1) is 29.1. The third kappa shape index (κ3) is 5.79. The third-order valence-corrected chi connectivity index (χ3v) is 9.74. The van der Waals surface area contributed by atoms with E-state index < -0.39 is 20.0 Å². The van der Waals surface area contributed by atoms with Crippen LogP contribution >= 0.6 is 0 Å². The number of fused-ring (bicyclic) bond motifs is 1. The molecule has 0 unspecified atom stereocenters. The molecule has 0 amide bonds. The van der Waals surface area contributed by atoms with Crippen LogP contribution in [0.5, 0.6) is 0 Å². The molecular formula is C31H29N7O4S2. The van der Waals surface area contributed by atoms with Crippen LogP contribution in [0.15, 0.2) is 94.7 Å². The van der Waals surface area contributed by atoms with E-state index in [-0.39, 0.29) is 21.2 Å². The fourth-order valence-electron chi connectivity index (χ4n) is 4.72. The van der Waals surface area contributed by atoms with Crippen LogP contribution < -0.4 is 9.44 Å². The average Bonchev–Trinajstić information content (AvgIpc) is 3.55. The maximum absolute atomic E-state index is 13.4. The van der Waals surface area contributed by atoms with E-state index in [2.05, 4.69) is 24.5 Å². The number of aromatic amines is 1. The maximum atomic E-state index is 13.4. The molecule has 6 rings (SSSR count). The number of aryl methyl sites for hydroxylation is 4. The number of hydrogen-bond acceptors (Lipinski definition) is 7. The van der Waals surface area contributed by atoms with Crippen molar-refractivity contribution in [2.24, 2.45) is 0 Å². The number of imidazole rings is 1. The first-order chi connectivity index (χ1) is 20.9. The smallest absolute Gasteiger partial charge is 0.261 e. The molecule has 44 heavy (non-hydrogen) atoms. The molecule has 0 aliphatic rings. The lowest BCUT2D eigenvalue weighted by molar-refractivity contribution is 0.599. The van der Waals surface area contributed by atoms with Gasteiger partial charge in [-0.3, -0.25) is 9.44 Å². The second-order valence-electron chi connectivity index (χ2n) is 10.6. The second-order valence-corrected chi connectivity index (χ2v) is 13.9. The van der Waals surface area contributed by atoms with Crippen molar-refractivity contribution in [3.05, 3.63) is 107 Å². The Kier molecular flexibility index (Phi) is 7.22. The van der Waals surface area contributed by atoms with Crippen LogP contribution in [-0.2, 0) is 20.0 Å². The molecule has 13 heteroatoms. The Balaban J connectivity index is 1.44. The standard InChI is InChI=1S/C31H29N7O4S2/c1-19-8-12-23(13-9-19)43(39,40)36-28-17-26-27(18-29(28)37-44(41,42)24-14-10-20(2)11-15-24)34-31(33-26)25-6-5-7-30(32-25)38-22(4)16-21(3)35-38/h5-18,36-37H,1-4H3,(H,33,34). The van der Waals surface area contributed by atoms with Crippen molar-refractivity contribution in [2.45, 2.75) is 37.5 Å². The molecule has 6 aromatic rings. The minimum atomic E-state index is -4.08. The van der Waals surface area contributed by atoms with Crippen molar-refractivity contribution >= 4 is 42.5 Å². The zero-order valence-electron chi connectivity index (χ0n) is 24.3. The summed E-state index contributed by atoms with van der Waals surface area (Å²) in [6.45, 7) is 7.55. The highest BCUT2D eigenvalue weighted by atomic mass is 32.2. The van der Waals surface area contributed by atoms with Crippen molar-refractivity contribution in [2.75, 3.05) is 9.44 Å². The van der Waals surface area contributed by atoms with Gasteiger partial charge in [0, 0.05) is 5.69 Å². The topological polar surface area (TPSA) is 152 Å². The Bertz CT molecular complexity index is 2120. The molecular weight excluding hydrogens is 599 g/mol. The van der Waals surface area contributed by atoms with Crippen molar-refractivity contribution < 1.29 is 16.8 Å². The fourth-order valence-corrected chi connectivity index (χ4v) is 6.86. The predicted octanol–water partition coefficient (Wildman–Crippen LogP) is 5.65. The summed E-state index contributed by atoms with van der Waals surface area (Å²) >= 11 is 0.